The van der Waals surface area contributed by atoms with Gasteiger partial charge in [0.25, 0.3) is 5.56 Å². The van der Waals surface area contributed by atoms with Crippen LogP contribution in [0.3, 0.4) is 0 Å². The van der Waals surface area contributed by atoms with Gasteiger partial charge in [-0.1, -0.05) is 6.42 Å². The average molecular weight is 219 g/mol. The zero-order valence-corrected chi connectivity index (χ0v) is 9.06. The zero-order valence-electron chi connectivity index (χ0n) is 9.06. The van der Waals surface area contributed by atoms with Crippen molar-refractivity contribution in [2.45, 2.75) is 32.2 Å². The van der Waals surface area contributed by atoms with Gasteiger partial charge in [0.1, 0.15) is 11.6 Å². The highest BCUT2D eigenvalue weighted by Crippen LogP contribution is 2.35. The molecule has 0 radical (unpaired) electrons. The van der Waals surface area contributed by atoms with Crippen LogP contribution in [0, 0.1) is 17.2 Å². The predicted octanol–water partition coefficient (Wildman–Crippen LogP) is 0.769. The normalized spacial score (nSPS) is 17.5. The molecule has 1 aromatic heterocycles. The highest BCUT2D eigenvalue weighted by Gasteiger charge is 2.26. The molecule has 0 amide bonds. The molecule has 1 N–H and O–H groups in total. The average Bonchev–Trinajstić information content (AvgIpc) is 2.15. The number of H-pyrrole nitrogens is 1. The zero-order chi connectivity index (χ0) is 11.7. The molecule has 16 heavy (non-hydrogen) atoms. The van der Waals surface area contributed by atoms with E-state index in [-0.39, 0.29) is 11.6 Å². The summed E-state index contributed by atoms with van der Waals surface area (Å²) in [7, 11) is 0. The molecule has 5 nitrogen and oxygen atoms in total. The first-order chi connectivity index (χ1) is 7.63. The van der Waals surface area contributed by atoms with E-state index in [0.29, 0.717) is 5.92 Å². The van der Waals surface area contributed by atoms with Gasteiger partial charge in [-0.25, -0.2) is 4.79 Å². The summed E-state index contributed by atoms with van der Waals surface area (Å²) >= 11 is 0. The second kappa shape index (κ2) is 3.97. The molecule has 0 aliphatic heterocycles. The summed E-state index contributed by atoms with van der Waals surface area (Å²) in [6, 6.07) is 1.84. The van der Waals surface area contributed by atoms with Crippen molar-refractivity contribution in [1.29, 1.82) is 5.26 Å². The molecule has 1 fully saturated rings. The van der Waals surface area contributed by atoms with E-state index in [1.807, 2.05) is 6.92 Å². The van der Waals surface area contributed by atoms with Crippen molar-refractivity contribution >= 4 is 0 Å². The van der Waals surface area contributed by atoms with Gasteiger partial charge in [0.15, 0.2) is 0 Å². The van der Waals surface area contributed by atoms with Crippen molar-refractivity contribution in [1.82, 2.24) is 9.55 Å². The Balaban J connectivity index is 2.44. The van der Waals surface area contributed by atoms with Crippen molar-refractivity contribution in [3.05, 3.63) is 32.6 Å². The number of aromatic amines is 1. The Morgan fingerprint density at radius 1 is 1.56 bits per heavy atom. The van der Waals surface area contributed by atoms with Crippen LogP contribution < -0.4 is 11.2 Å². The summed E-state index contributed by atoms with van der Waals surface area (Å²) in [4.78, 5) is 25.0. The van der Waals surface area contributed by atoms with E-state index in [2.05, 4.69) is 4.98 Å². The van der Waals surface area contributed by atoms with Crippen LogP contribution in [0.15, 0.2) is 15.8 Å². The van der Waals surface area contributed by atoms with Gasteiger partial charge in [0.05, 0.1) is 0 Å². The van der Waals surface area contributed by atoms with Crippen LogP contribution in [0.4, 0.5) is 0 Å². The first-order valence-electron chi connectivity index (χ1n) is 5.39. The molecule has 1 atom stereocenters. The van der Waals surface area contributed by atoms with Crippen molar-refractivity contribution in [2.24, 2.45) is 5.92 Å². The molecule has 1 unspecified atom stereocenters. The monoisotopic (exact) mass is 219 g/mol. The predicted molar refractivity (Wildman–Crippen MR) is 58.1 cm³/mol. The van der Waals surface area contributed by atoms with Crippen LogP contribution in [0.25, 0.3) is 0 Å². The molecule has 0 aromatic carbocycles. The van der Waals surface area contributed by atoms with Crippen LogP contribution in [-0.4, -0.2) is 9.55 Å². The van der Waals surface area contributed by atoms with E-state index >= 15 is 0 Å². The molecule has 1 aliphatic carbocycles. The highest BCUT2D eigenvalue weighted by atomic mass is 16.2. The molecule has 0 spiro atoms. The molecule has 5 heteroatoms. The molecular weight excluding hydrogens is 206 g/mol. The molecule has 84 valence electrons. The summed E-state index contributed by atoms with van der Waals surface area (Å²) in [6.07, 6.45) is 4.77. The van der Waals surface area contributed by atoms with Gasteiger partial charge in [-0.3, -0.25) is 14.3 Å². The summed E-state index contributed by atoms with van der Waals surface area (Å²) in [5, 5.41) is 8.74. The van der Waals surface area contributed by atoms with Crippen LogP contribution >= 0.6 is 0 Å². The molecule has 1 heterocycles. The van der Waals surface area contributed by atoms with E-state index in [9.17, 15) is 9.59 Å². The number of rotatable bonds is 2. The lowest BCUT2D eigenvalue weighted by molar-refractivity contribution is 0.217. The SMILES string of the molecule is CC(C1CCC1)n1cc(C#N)c(=O)[nH]c1=O. The highest BCUT2D eigenvalue weighted by molar-refractivity contribution is 5.21. The Kier molecular flexibility index (Phi) is 2.65. The summed E-state index contributed by atoms with van der Waals surface area (Å²) < 4.78 is 1.46. The number of hydrogen-bond acceptors (Lipinski definition) is 3. The van der Waals surface area contributed by atoms with Crippen LogP contribution in [-0.2, 0) is 0 Å². The van der Waals surface area contributed by atoms with Gasteiger partial charge in [-0.2, -0.15) is 5.26 Å². The third kappa shape index (κ3) is 1.67. The van der Waals surface area contributed by atoms with Crippen molar-refractivity contribution in [3.63, 3.8) is 0 Å². The van der Waals surface area contributed by atoms with E-state index in [0.717, 1.165) is 12.8 Å². The van der Waals surface area contributed by atoms with E-state index in [1.54, 1.807) is 6.07 Å². The maximum absolute atomic E-state index is 11.6. The lowest BCUT2D eigenvalue weighted by Gasteiger charge is -2.32. The van der Waals surface area contributed by atoms with Gasteiger partial charge < -0.3 is 0 Å². The lowest BCUT2D eigenvalue weighted by Crippen LogP contribution is -2.36. The Labute approximate surface area is 92.3 Å². The quantitative estimate of drug-likeness (QED) is 0.797. The lowest BCUT2D eigenvalue weighted by atomic mass is 9.80. The van der Waals surface area contributed by atoms with Gasteiger partial charge in [0, 0.05) is 12.2 Å². The first-order valence-corrected chi connectivity index (χ1v) is 5.39. The maximum Gasteiger partial charge on any atom is 0.328 e. The maximum atomic E-state index is 11.6. The fourth-order valence-electron chi connectivity index (χ4n) is 2.02. The third-order valence-electron chi connectivity index (χ3n) is 3.36. The Hall–Kier alpha value is -1.83. The van der Waals surface area contributed by atoms with Gasteiger partial charge in [-0.05, 0) is 25.7 Å². The molecule has 0 bridgehead atoms. The standard InChI is InChI=1S/C11H13N3O2/c1-7(8-3-2-4-8)14-6-9(5-12)10(15)13-11(14)16/h6-8H,2-4H2,1H3,(H,13,15,16). The largest absolute Gasteiger partial charge is 0.328 e. The van der Waals surface area contributed by atoms with Crippen molar-refractivity contribution in [2.75, 3.05) is 0 Å². The van der Waals surface area contributed by atoms with Crippen LogP contribution in [0.5, 0.6) is 0 Å². The van der Waals surface area contributed by atoms with Crippen LogP contribution in [0.1, 0.15) is 37.8 Å². The molecule has 0 saturated heterocycles. The molecule has 2 rings (SSSR count). The number of nitrogens with one attached hydrogen (secondary N) is 1. The topological polar surface area (TPSA) is 78.7 Å². The molecular formula is C11H13N3O2. The van der Waals surface area contributed by atoms with Gasteiger partial charge in [-0.15, -0.1) is 0 Å². The Bertz CT molecular complexity index is 546. The Morgan fingerprint density at radius 2 is 2.25 bits per heavy atom. The smallest absolute Gasteiger partial charge is 0.296 e. The second-order valence-corrected chi connectivity index (χ2v) is 4.25. The Morgan fingerprint density at radius 3 is 2.75 bits per heavy atom. The minimum atomic E-state index is -0.607. The first kappa shape index (κ1) is 10.7. The second-order valence-electron chi connectivity index (χ2n) is 4.25. The summed E-state index contributed by atoms with van der Waals surface area (Å²) in [5.74, 6) is 0.482. The van der Waals surface area contributed by atoms with Crippen molar-refractivity contribution < 1.29 is 0 Å². The van der Waals surface area contributed by atoms with E-state index in [1.165, 1.54) is 17.2 Å². The van der Waals surface area contributed by atoms with Gasteiger partial charge in [0.2, 0.25) is 0 Å². The number of aromatic nitrogens is 2. The minimum Gasteiger partial charge on any atom is -0.296 e. The fraction of sp³-hybridized carbons (Fsp3) is 0.545. The number of hydrogen-bond donors (Lipinski definition) is 1. The van der Waals surface area contributed by atoms with E-state index < -0.39 is 11.2 Å². The summed E-state index contributed by atoms with van der Waals surface area (Å²) in [5.41, 5.74) is -1.04. The number of nitriles is 1. The summed E-state index contributed by atoms with van der Waals surface area (Å²) in [6.45, 7) is 1.95. The fourth-order valence-corrected chi connectivity index (χ4v) is 2.02. The molecule has 1 aliphatic rings. The van der Waals surface area contributed by atoms with Crippen LogP contribution in [0.2, 0.25) is 0 Å². The van der Waals surface area contributed by atoms with Crippen molar-refractivity contribution in [3.8, 4) is 6.07 Å². The number of nitrogens with zero attached hydrogens (tertiary/aromatic N) is 2. The third-order valence-corrected chi connectivity index (χ3v) is 3.36. The molecule has 1 saturated carbocycles. The molecule has 1 aromatic rings. The minimum absolute atomic E-state index is 0.00854. The van der Waals surface area contributed by atoms with E-state index in [4.69, 9.17) is 5.26 Å². The van der Waals surface area contributed by atoms with Gasteiger partial charge >= 0.3 is 5.69 Å².